The molecule has 0 spiro atoms. The van der Waals surface area contributed by atoms with Gasteiger partial charge in [-0.1, -0.05) is 30.3 Å². The van der Waals surface area contributed by atoms with Gasteiger partial charge < -0.3 is 4.84 Å². The highest BCUT2D eigenvalue weighted by Gasteiger charge is 2.12. The summed E-state index contributed by atoms with van der Waals surface area (Å²) in [5.41, 5.74) is 5.28. The number of benzene rings is 1. The number of hydrogen-bond donors (Lipinski definition) is 1. The van der Waals surface area contributed by atoms with Crippen LogP contribution in [0.25, 0.3) is 0 Å². The molecule has 82 valence electrons. The molecule has 0 saturated carbocycles. The normalized spacial score (nSPS) is 12.3. The van der Waals surface area contributed by atoms with E-state index in [1.165, 1.54) is 0 Å². The van der Waals surface area contributed by atoms with E-state index in [-0.39, 0.29) is 6.04 Å². The average molecular weight is 214 g/mol. The summed E-state index contributed by atoms with van der Waals surface area (Å²) in [4.78, 5) is 9.06. The van der Waals surface area contributed by atoms with E-state index in [1.807, 2.05) is 30.3 Å². The first-order valence-electron chi connectivity index (χ1n) is 5.15. The van der Waals surface area contributed by atoms with Crippen LogP contribution in [0.4, 0.5) is 0 Å². The third-order valence-electron chi connectivity index (χ3n) is 2.41. The van der Waals surface area contributed by atoms with Crippen LogP contribution in [-0.2, 0) is 4.84 Å². The Morgan fingerprint density at radius 1 is 1.00 bits per heavy atom. The predicted octanol–water partition coefficient (Wildman–Crippen LogP) is 2.32. The van der Waals surface area contributed by atoms with E-state index in [0.29, 0.717) is 0 Å². The molecule has 0 radical (unpaired) electrons. The molecule has 1 unspecified atom stereocenters. The van der Waals surface area contributed by atoms with Crippen LogP contribution in [0.5, 0.6) is 0 Å². The minimum atomic E-state index is 0.0363. The van der Waals surface area contributed by atoms with Gasteiger partial charge in [-0.15, -0.1) is 0 Å². The van der Waals surface area contributed by atoms with Crippen molar-refractivity contribution in [1.29, 1.82) is 0 Å². The molecule has 1 atom stereocenters. The summed E-state index contributed by atoms with van der Waals surface area (Å²) in [6.07, 6.45) is 3.56. The van der Waals surface area contributed by atoms with Crippen LogP contribution in [0.3, 0.4) is 0 Å². The fraction of sp³-hybridized carbons (Fsp3) is 0.154. The van der Waals surface area contributed by atoms with Gasteiger partial charge >= 0.3 is 0 Å². The van der Waals surface area contributed by atoms with Crippen LogP contribution in [0, 0.1) is 0 Å². The van der Waals surface area contributed by atoms with E-state index in [1.54, 1.807) is 19.5 Å². The van der Waals surface area contributed by atoms with Crippen molar-refractivity contribution < 1.29 is 4.84 Å². The van der Waals surface area contributed by atoms with E-state index in [4.69, 9.17) is 4.84 Å². The van der Waals surface area contributed by atoms with E-state index in [0.717, 1.165) is 11.1 Å². The van der Waals surface area contributed by atoms with Gasteiger partial charge in [0.1, 0.15) is 0 Å². The smallest absolute Gasteiger partial charge is 0.0822 e. The highest BCUT2D eigenvalue weighted by molar-refractivity contribution is 5.29. The Hall–Kier alpha value is -1.71. The Bertz CT molecular complexity index is 377. The minimum Gasteiger partial charge on any atom is -0.304 e. The number of hydroxylamine groups is 1. The van der Waals surface area contributed by atoms with Gasteiger partial charge in [0.2, 0.25) is 0 Å². The van der Waals surface area contributed by atoms with E-state index in [2.05, 4.69) is 22.6 Å². The van der Waals surface area contributed by atoms with Gasteiger partial charge in [-0.25, -0.2) is 0 Å². The molecule has 3 heteroatoms. The molecular formula is C13H14N2O. The van der Waals surface area contributed by atoms with Crippen LogP contribution in [-0.4, -0.2) is 12.1 Å². The first kappa shape index (κ1) is 10.8. The van der Waals surface area contributed by atoms with Gasteiger partial charge in [-0.2, -0.15) is 5.48 Å². The molecular weight excluding hydrogens is 200 g/mol. The molecule has 0 aliphatic carbocycles. The zero-order valence-corrected chi connectivity index (χ0v) is 9.13. The molecule has 0 saturated heterocycles. The fourth-order valence-corrected chi connectivity index (χ4v) is 1.65. The number of nitrogens with one attached hydrogen (secondary N) is 1. The van der Waals surface area contributed by atoms with Crippen molar-refractivity contribution in [1.82, 2.24) is 10.5 Å². The number of nitrogens with zero attached hydrogens (tertiary/aromatic N) is 1. The van der Waals surface area contributed by atoms with Crippen molar-refractivity contribution >= 4 is 0 Å². The lowest BCUT2D eigenvalue weighted by Crippen LogP contribution is -2.21. The SMILES string of the molecule is CONC(c1ccccc1)c1ccncc1. The van der Waals surface area contributed by atoms with E-state index in [9.17, 15) is 0 Å². The van der Waals surface area contributed by atoms with Crippen LogP contribution in [0.1, 0.15) is 17.2 Å². The lowest BCUT2D eigenvalue weighted by molar-refractivity contribution is 0.0716. The zero-order valence-electron chi connectivity index (χ0n) is 9.13. The van der Waals surface area contributed by atoms with Gasteiger partial charge in [0.25, 0.3) is 0 Å². The number of pyridine rings is 1. The predicted molar refractivity (Wildman–Crippen MR) is 62.7 cm³/mol. The highest BCUT2D eigenvalue weighted by atomic mass is 16.6. The maximum Gasteiger partial charge on any atom is 0.0822 e. The Kier molecular flexibility index (Phi) is 3.64. The Labute approximate surface area is 95.1 Å². The van der Waals surface area contributed by atoms with Gasteiger partial charge in [0, 0.05) is 12.4 Å². The molecule has 0 bridgehead atoms. The number of aromatic nitrogens is 1. The van der Waals surface area contributed by atoms with Crippen molar-refractivity contribution in [3.8, 4) is 0 Å². The summed E-state index contributed by atoms with van der Waals surface area (Å²) in [5.74, 6) is 0. The van der Waals surface area contributed by atoms with Crippen molar-refractivity contribution in [2.45, 2.75) is 6.04 Å². The lowest BCUT2D eigenvalue weighted by Gasteiger charge is -2.17. The maximum absolute atomic E-state index is 5.04. The van der Waals surface area contributed by atoms with E-state index < -0.39 is 0 Å². The van der Waals surface area contributed by atoms with Gasteiger partial charge in [0.15, 0.2) is 0 Å². The first-order valence-corrected chi connectivity index (χ1v) is 5.15. The first-order chi connectivity index (χ1) is 7.92. The van der Waals surface area contributed by atoms with Gasteiger partial charge in [0.05, 0.1) is 13.2 Å². The van der Waals surface area contributed by atoms with Gasteiger partial charge in [-0.3, -0.25) is 4.98 Å². The number of rotatable bonds is 4. The lowest BCUT2D eigenvalue weighted by atomic mass is 10.0. The molecule has 1 N–H and O–H groups in total. The molecule has 0 aliphatic heterocycles. The van der Waals surface area contributed by atoms with Crippen LogP contribution in [0.15, 0.2) is 54.9 Å². The second kappa shape index (κ2) is 5.39. The molecule has 3 nitrogen and oxygen atoms in total. The van der Waals surface area contributed by atoms with Crippen molar-refractivity contribution in [2.75, 3.05) is 7.11 Å². The molecule has 2 rings (SSSR count). The topological polar surface area (TPSA) is 34.1 Å². The Morgan fingerprint density at radius 3 is 2.25 bits per heavy atom. The van der Waals surface area contributed by atoms with Crippen molar-refractivity contribution in [3.05, 3.63) is 66.0 Å². The maximum atomic E-state index is 5.04. The quantitative estimate of drug-likeness (QED) is 0.793. The molecule has 2 aromatic rings. The second-order valence-corrected chi connectivity index (χ2v) is 3.45. The molecule has 0 aliphatic rings. The van der Waals surface area contributed by atoms with Crippen molar-refractivity contribution in [2.24, 2.45) is 0 Å². The average Bonchev–Trinajstić information content (AvgIpc) is 2.38. The zero-order chi connectivity index (χ0) is 11.2. The summed E-state index contributed by atoms with van der Waals surface area (Å²) >= 11 is 0. The Morgan fingerprint density at radius 2 is 1.62 bits per heavy atom. The third-order valence-corrected chi connectivity index (χ3v) is 2.41. The Balaban J connectivity index is 2.31. The van der Waals surface area contributed by atoms with Crippen LogP contribution in [0.2, 0.25) is 0 Å². The molecule has 16 heavy (non-hydrogen) atoms. The summed E-state index contributed by atoms with van der Waals surface area (Å²) < 4.78 is 0. The van der Waals surface area contributed by atoms with Gasteiger partial charge in [-0.05, 0) is 23.3 Å². The molecule has 1 aromatic carbocycles. The summed E-state index contributed by atoms with van der Waals surface area (Å²) in [7, 11) is 1.62. The summed E-state index contributed by atoms with van der Waals surface area (Å²) in [6, 6.07) is 14.2. The summed E-state index contributed by atoms with van der Waals surface area (Å²) in [5, 5.41) is 0. The van der Waals surface area contributed by atoms with Crippen LogP contribution >= 0.6 is 0 Å². The standard InChI is InChI=1S/C13H14N2O/c1-16-15-13(11-5-3-2-4-6-11)12-7-9-14-10-8-12/h2-10,13,15H,1H3. The number of hydrogen-bond acceptors (Lipinski definition) is 3. The molecule has 1 aromatic heterocycles. The highest BCUT2D eigenvalue weighted by Crippen LogP contribution is 2.20. The monoisotopic (exact) mass is 214 g/mol. The second-order valence-electron chi connectivity index (χ2n) is 3.45. The van der Waals surface area contributed by atoms with Crippen molar-refractivity contribution in [3.63, 3.8) is 0 Å². The molecule has 0 fully saturated rings. The summed E-state index contributed by atoms with van der Waals surface area (Å²) in [6.45, 7) is 0. The third kappa shape index (κ3) is 2.45. The molecule has 1 heterocycles. The fourth-order valence-electron chi connectivity index (χ4n) is 1.65. The van der Waals surface area contributed by atoms with E-state index >= 15 is 0 Å². The largest absolute Gasteiger partial charge is 0.304 e. The molecule has 0 amide bonds. The minimum absolute atomic E-state index is 0.0363. The van der Waals surface area contributed by atoms with Crippen LogP contribution < -0.4 is 5.48 Å².